The Labute approximate surface area is 122 Å². The molecule has 8 nitrogen and oxygen atoms in total. The van der Waals surface area contributed by atoms with E-state index in [4.69, 9.17) is 5.11 Å². The van der Waals surface area contributed by atoms with Crippen molar-refractivity contribution in [1.82, 2.24) is 15.5 Å². The van der Waals surface area contributed by atoms with Crippen molar-refractivity contribution >= 4 is 23.8 Å². The van der Waals surface area contributed by atoms with Crippen LogP contribution in [-0.4, -0.2) is 53.5 Å². The number of hydrogen-bond donors (Lipinski definition) is 3. The zero-order chi connectivity index (χ0) is 16.2. The molecule has 0 saturated carbocycles. The summed E-state index contributed by atoms with van der Waals surface area (Å²) in [5.74, 6) is -2.53. The highest BCUT2D eigenvalue weighted by Gasteiger charge is 2.33. The van der Waals surface area contributed by atoms with Gasteiger partial charge in [-0.05, 0) is 12.3 Å². The third kappa shape index (κ3) is 4.44. The third-order valence-electron chi connectivity index (χ3n) is 3.56. The number of imide groups is 1. The summed E-state index contributed by atoms with van der Waals surface area (Å²) < 4.78 is 0. The van der Waals surface area contributed by atoms with Crippen LogP contribution in [-0.2, 0) is 14.4 Å². The van der Waals surface area contributed by atoms with E-state index in [1.165, 1.54) is 7.05 Å². The normalized spacial score (nSPS) is 20.4. The van der Waals surface area contributed by atoms with Crippen LogP contribution in [0.4, 0.5) is 4.79 Å². The molecule has 2 atom stereocenters. The number of aliphatic carboxylic acids is 1. The van der Waals surface area contributed by atoms with E-state index in [9.17, 15) is 19.2 Å². The van der Waals surface area contributed by atoms with Gasteiger partial charge in [0.05, 0.1) is 5.92 Å². The molecule has 1 heterocycles. The zero-order valence-corrected chi connectivity index (χ0v) is 12.4. The fourth-order valence-electron chi connectivity index (χ4n) is 2.07. The molecule has 118 valence electrons. The Morgan fingerprint density at radius 3 is 2.52 bits per heavy atom. The van der Waals surface area contributed by atoms with Gasteiger partial charge in [0.15, 0.2) is 0 Å². The molecule has 2 unspecified atom stereocenters. The first-order chi connectivity index (χ1) is 9.73. The quantitative estimate of drug-likeness (QED) is 0.607. The van der Waals surface area contributed by atoms with Gasteiger partial charge in [-0.15, -0.1) is 0 Å². The number of carboxylic acid groups (broad SMARTS) is 1. The molecule has 3 N–H and O–H groups in total. The molecule has 4 amide bonds. The fraction of sp³-hybridized carbons (Fsp3) is 0.692. The monoisotopic (exact) mass is 299 g/mol. The van der Waals surface area contributed by atoms with Gasteiger partial charge in [0, 0.05) is 20.0 Å². The van der Waals surface area contributed by atoms with Crippen molar-refractivity contribution in [3.8, 4) is 0 Å². The topological polar surface area (TPSA) is 116 Å². The predicted molar refractivity (Wildman–Crippen MR) is 73.3 cm³/mol. The highest BCUT2D eigenvalue weighted by Crippen LogP contribution is 2.12. The molecule has 0 bridgehead atoms. The van der Waals surface area contributed by atoms with Gasteiger partial charge in [0.2, 0.25) is 5.91 Å². The lowest BCUT2D eigenvalue weighted by atomic mass is 9.96. The fourth-order valence-corrected chi connectivity index (χ4v) is 2.07. The van der Waals surface area contributed by atoms with Gasteiger partial charge in [0.25, 0.3) is 5.91 Å². The molecule has 21 heavy (non-hydrogen) atoms. The van der Waals surface area contributed by atoms with Crippen LogP contribution in [0.5, 0.6) is 0 Å². The number of hydrogen-bond acceptors (Lipinski definition) is 4. The van der Waals surface area contributed by atoms with E-state index in [0.29, 0.717) is 0 Å². The van der Waals surface area contributed by atoms with E-state index in [1.54, 1.807) is 13.8 Å². The molecule has 1 saturated heterocycles. The molecular weight excluding hydrogens is 278 g/mol. The summed E-state index contributed by atoms with van der Waals surface area (Å²) in [7, 11) is 1.37. The van der Waals surface area contributed by atoms with Crippen LogP contribution in [0.25, 0.3) is 0 Å². The number of likely N-dealkylation sites (N-methyl/N-ethyl adjacent to an activating group) is 1. The van der Waals surface area contributed by atoms with Gasteiger partial charge in [-0.1, -0.05) is 13.8 Å². The first-order valence-corrected chi connectivity index (χ1v) is 6.81. The van der Waals surface area contributed by atoms with Crippen LogP contribution in [0.15, 0.2) is 0 Å². The van der Waals surface area contributed by atoms with Crippen LogP contribution >= 0.6 is 0 Å². The van der Waals surface area contributed by atoms with E-state index >= 15 is 0 Å². The molecule has 0 aromatic heterocycles. The number of piperidine rings is 1. The predicted octanol–water partition coefficient (Wildman–Crippen LogP) is -0.210. The summed E-state index contributed by atoms with van der Waals surface area (Å²) in [4.78, 5) is 46.8. The van der Waals surface area contributed by atoms with E-state index in [-0.39, 0.29) is 31.2 Å². The Balaban J connectivity index is 2.49. The molecule has 1 fully saturated rings. The summed E-state index contributed by atoms with van der Waals surface area (Å²) >= 11 is 0. The molecule has 0 spiro atoms. The standard InChI is InChI=1S/C13H21N3O5/c1-7(2)8(12(19)20)6-14-13(21)15-9-4-5-10(17)16(3)11(9)18/h7-9H,4-6H2,1-3H3,(H,19,20)(H2,14,15,21). The number of likely N-dealkylation sites (tertiary alicyclic amines) is 1. The van der Waals surface area contributed by atoms with Crippen molar-refractivity contribution in [3.05, 3.63) is 0 Å². The Kier molecular flexibility index (Phi) is 5.69. The highest BCUT2D eigenvalue weighted by molar-refractivity contribution is 6.01. The number of nitrogens with zero attached hydrogens (tertiary/aromatic N) is 1. The molecule has 0 aromatic rings. The van der Waals surface area contributed by atoms with Gasteiger partial charge >= 0.3 is 12.0 Å². The first-order valence-electron chi connectivity index (χ1n) is 6.81. The Morgan fingerprint density at radius 1 is 1.38 bits per heavy atom. The molecule has 0 aliphatic carbocycles. The Morgan fingerprint density at radius 2 is 2.00 bits per heavy atom. The van der Waals surface area contributed by atoms with Crippen molar-refractivity contribution < 1.29 is 24.3 Å². The van der Waals surface area contributed by atoms with Crippen LogP contribution in [0, 0.1) is 11.8 Å². The largest absolute Gasteiger partial charge is 0.481 e. The second-order valence-corrected chi connectivity index (χ2v) is 5.43. The number of rotatable bonds is 5. The van der Waals surface area contributed by atoms with Gasteiger partial charge in [-0.3, -0.25) is 19.3 Å². The van der Waals surface area contributed by atoms with Crippen LogP contribution in [0.3, 0.4) is 0 Å². The van der Waals surface area contributed by atoms with Crippen molar-refractivity contribution in [2.75, 3.05) is 13.6 Å². The maximum Gasteiger partial charge on any atom is 0.315 e. The van der Waals surface area contributed by atoms with Crippen molar-refractivity contribution in [3.63, 3.8) is 0 Å². The minimum Gasteiger partial charge on any atom is -0.481 e. The number of carbonyl (C=O) groups excluding carboxylic acids is 3. The molecular formula is C13H21N3O5. The smallest absolute Gasteiger partial charge is 0.315 e. The summed E-state index contributed by atoms with van der Waals surface area (Å²) in [5.41, 5.74) is 0. The minimum atomic E-state index is -0.982. The van der Waals surface area contributed by atoms with Crippen LogP contribution in [0.2, 0.25) is 0 Å². The maximum absolute atomic E-state index is 11.8. The lowest BCUT2D eigenvalue weighted by molar-refractivity contribution is -0.148. The number of carbonyl (C=O) groups is 4. The number of carboxylic acids is 1. The molecule has 8 heteroatoms. The molecule has 1 aliphatic heterocycles. The number of amides is 4. The zero-order valence-electron chi connectivity index (χ0n) is 12.4. The lowest BCUT2D eigenvalue weighted by Crippen LogP contribution is -2.55. The maximum atomic E-state index is 11.8. The van der Waals surface area contributed by atoms with Crippen LogP contribution in [0.1, 0.15) is 26.7 Å². The Hall–Kier alpha value is -2.12. The highest BCUT2D eigenvalue weighted by atomic mass is 16.4. The number of nitrogens with one attached hydrogen (secondary N) is 2. The molecule has 0 aromatic carbocycles. The average molecular weight is 299 g/mol. The van der Waals surface area contributed by atoms with Crippen molar-refractivity contribution in [2.45, 2.75) is 32.7 Å². The van der Waals surface area contributed by atoms with Gasteiger partial charge in [-0.2, -0.15) is 0 Å². The number of urea groups is 1. The van der Waals surface area contributed by atoms with Crippen molar-refractivity contribution in [2.24, 2.45) is 11.8 Å². The average Bonchev–Trinajstić information content (AvgIpc) is 2.39. The van der Waals surface area contributed by atoms with E-state index in [1.807, 2.05) is 0 Å². The lowest BCUT2D eigenvalue weighted by Gasteiger charge is -2.28. The van der Waals surface area contributed by atoms with E-state index in [0.717, 1.165) is 4.90 Å². The van der Waals surface area contributed by atoms with Gasteiger partial charge < -0.3 is 15.7 Å². The molecule has 1 rings (SSSR count). The third-order valence-corrected chi connectivity index (χ3v) is 3.56. The first kappa shape index (κ1) is 16.9. The van der Waals surface area contributed by atoms with Crippen LogP contribution < -0.4 is 10.6 Å². The summed E-state index contributed by atoms with van der Waals surface area (Å²) in [6.07, 6.45) is 0.443. The summed E-state index contributed by atoms with van der Waals surface area (Å²) in [5, 5.41) is 13.9. The second-order valence-electron chi connectivity index (χ2n) is 5.43. The Bertz CT molecular complexity index is 449. The molecule has 0 radical (unpaired) electrons. The van der Waals surface area contributed by atoms with E-state index < -0.39 is 29.9 Å². The second kappa shape index (κ2) is 7.05. The minimum absolute atomic E-state index is 0.0193. The SMILES string of the molecule is CC(C)C(CNC(=O)NC1CCC(=O)N(C)C1=O)C(=O)O. The summed E-state index contributed by atoms with van der Waals surface area (Å²) in [6.45, 7) is 3.49. The van der Waals surface area contributed by atoms with E-state index in [2.05, 4.69) is 10.6 Å². The van der Waals surface area contributed by atoms with Crippen molar-refractivity contribution in [1.29, 1.82) is 0 Å². The van der Waals surface area contributed by atoms with Gasteiger partial charge in [0.1, 0.15) is 6.04 Å². The molecule has 1 aliphatic rings. The van der Waals surface area contributed by atoms with Gasteiger partial charge in [-0.25, -0.2) is 4.79 Å². The summed E-state index contributed by atoms with van der Waals surface area (Å²) in [6, 6.07) is -1.36.